The normalized spacial score (nSPS) is 32.0. The first-order chi connectivity index (χ1) is 12.0. The molecule has 130 valence electrons. The highest BCUT2D eigenvalue weighted by atomic mass is 16.2. The van der Waals surface area contributed by atoms with Crippen molar-refractivity contribution in [3.05, 3.63) is 29.8 Å². The molecule has 2 N–H and O–H groups in total. The minimum Gasteiger partial charge on any atom is -0.347 e. The second kappa shape index (κ2) is 6.18. The van der Waals surface area contributed by atoms with Gasteiger partial charge in [-0.2, -0.15) is 5.26 Å². The molecule has 4 saturated carbocycles. The third-order valence-corrected chi connectivity index (χ3v) is 6.07. The average molecular weight is 337 g/mol. The van der Waals surface area contributed by atoms with E-state index in [1.807, 2.05) is 6.07 Å². The fraction of sp³-hybridized carbons (Fsp3) is 0.550. The Morgan fingerprint density at radius 2 is 1.76 bits per heavy atom. The van der Waals surface area contributed by atoms with E-state index in [9.17, 15) is 9.59 Å². The third kappa shape index (κ3) is 3.26. The summed E-state index contributed by atoms with van der Waals surface area (Å²) in [5, 5.41) is 14.6. The monoisotopic (exact) mass is 337 g/mol. The molecule has 0 aromatic heterocycles. The molecular formula is C20H23N3O2. The number of nitrogens with one attached hydrogen (secondary N) is 2. The summed E-state index contributed by atoms with van der Waals surface area (Å²) in [5.74, 6) is 1.92. The van der Waals surface area contributed by atoms with Gasteiger partial charge in [-0.25, -0.2) is 0 Å². The van der Waals surface area contributed by atoms with Crippen molar-refractivity contribution in [1.82, 2.24) is 5.32 Å². The summed E-state index contributed by atoms with van der Waals surface area (Å²) < 4.78 is 0. The molecule has 4 fully saturated rings. The second-order valence-electron chi connectivity index (χ2n) is 8.12. The van der Waals surface area contributed by atoms with Gasteiger partial charge < -0.3 is 10.6 Å². The molecule has 5 rings (SSSR count). The number of hydrogen-bond donors (Lipinski definition) is 2. The summed E-state index contributed by atoms with van der Waals surface area (Å²) in [4.78, 5) is 24.4. The van der Waals surface area contributed by atoms with Crippen molar-refractivity contribution < 1.29 is 9.59 Å². The molecule has 2 amide bonds. The van der Waals surface area contributed by atoms with Crippen LogP contribution in [0.1, 0.15) is 55.3 Å². The number of carbonyl (C=O) groups is 2. The lowest BCUT2D eigenvalue weighted by molar-refractivity contribution is -0.115. The van der Waals surface area contributed by atoms with Gasteiger partial charge in [0.15, 0.2) is 0 Å². The van der Waals surface area contributed by atoms with Gasteiger partial charge in [0.05, 0.1) is 6.07 Å². The lowest BCUT2D eigenvalue weighted by Gasteiger charge is -2.56. The summed E-state index contributed by atoms with van der Waals surface area (Å²) in [6, 6.07) is 8.77. The van der Waals surface area contributed by atoms with E-state index in [0.717, 1.165) is 37.0 Å². The van der Waals surface area contributed by atoms with Gasteiger partial charge in [0.2, 0.25) is 5.91 Å². The van der Waals surface area contributed by atoms with Gasteiger partial charge in [0.25, 0.3) is 5.91 Å². The molecule has 0 atom stereocenters. The van der Waals surface area contributed by atoms with Crippen LogP contribution in [0.2, 0.25) is 0 Å². The summed E-state index contributed by atoms with van der Waals surface area (Å²) in [7, 11) is 0. The van der Waals surface area contributed by atoms with Gasteiger partial charge in [-0.3, -0.25) is 9.59 Å². The number of amides is 2. The number of carbonyl (C=O) groups excluding carboxylic acids is 2. The molecule has 4 aliphatic carbocycles. The molecule has 25 heavy (non-hydrogen) atoms. The molecule has 4 aliphatic rings. The predicted molar refractivity (Wildman–Crippen MR) is 93.7 cm³/mol. The Balaban J connectivity index is 1.46. The Labute approximate surface area is 147 Å². The van der Waals surface area contributed by atoms with E-state index in [1.165, 1.54) is 19.3 Å². The first kappa shape index (κ1) is 16.1. The smallest absolute Gasteiger partial charge is 0.251 e. The number of nitriles is 1. The van der Waals surface area contributed by atoms with Crippen LogP contribution in [0.15, 0.2) is 24.3 Å². The van der Waals surface area contributed by atoms with Gasteiger partial charge in [-0.1, -0.05) is 6.07 Å². The van der Waals surface area contributed by atoms with Crippen LogP contribution in [0.5, 0.6) is 0 Å². The Bertz CT molecular complexity index is 714. The summed E-state index contributed by atoms with van der Waals surface area (Å²) >= 11 is 0. The number of anilines is 1. The van der Waals surface area contributed by atoms with E-state index < -0.39 is 0 Å². The lowest BCUT2D eigenvalue weighted by atomic mass is 9.53. The molecule has 0 unspecified atom stereocenters. The van der Waals surface area contributed by atoms with Crippen molar-refractivity contribution in [1.29, 1.82) is 5.26 Å². The van der Waals surface area contributed by atoms with Crippen LogP contribution >= 0.6 is 0 Å². The van der Waals surface area contributed by atoms with E-state index in [2.05, 4.69) is 10.6 Å². The molecule has 1 aromatic carbocycles. The Hall–Kier alpha value is -2.35. The standard InChI is InChI=1S/C20H23N3O2/c21-5-4-18(24)22-17-3-1-2-16(9-17)19(25)23-20-10-13-6-14(11-20)8-15(7-13)12-20/h1-3,9,13-15H,4,6-8,10-12H2,(H,22,24)(H,23,25). The van der Waals surface area contributed by atoms with Crippen LogP contribution in [0.25, 0.3) is 0 Å². The van der Waals surface area contributed by atoms with Gasteiger partial charge >= 0.3 is 0 Å². The fourth-order valence-corrected chi connectivity index (χ4v) is 5.59. The Morgan fingerprint density at radius 1 is 1.12 bits per heavy atom. The third-order valence-electron chi connectivity index (χ3n) is 6.07. The molecule has 0 aliphatic heterocycles. The van der Waals surface area contributed by atoms with Crippen molar-refractivity contribution in [3.8, 4) is 6.07 Å². The van der Waals surface area contributed by atoms with E-state index in [-0.39, 0.29) is 23.8 Å². The van der Waals surface area contributed by atoms with Crippen LogP contribution < -0.4 is 10.6 Å². The van der Waals surface area contributed by atoms with E-state index in [1.54, 1.807) is 24.3 Å². The maximum Gasteiger partial charge on any atom is 0.251 e. The highest BCUT2D eigenvalue weighted by molar-refractivity contribution is 5.97. The highest BCUT2D eigenvalue weighted by Gasteiger charge is 2.51. The van der Waals surface area contributed by atoms with Gasteiger partial charge in [0, 0.05) is 16.8 Å². The molecule has 1 aromatic rings. The molecule has 5 nitrogen and oxygen atoms in total. The van der Waals surface area contributed by atoms with Crippen molar-refractivity contribution >= 4 is 17.5 Å². The summed E-state index contributed by atoms with van der Waals surface area (Å²) in [5.41, 5.74) is 1.09. The summed E-state index contributed by atoms with van der Waals surface area (Å²) in [6.45, 7) is 0. The Morgan fingerprint density at radius 3 is 2.36 bits per heavy atom. The maximum absolute atomic E-state index is 12.8. The van der Waals surface area contributed by atoms with E-state index in [0.29, 0.717) is 11.3 Å². The topological polar surface area (TPSA) is 82.0 Å². The van der Waals surface area contributed by atoms with Crippen molar-refractivity contribution in [3.63, 3.8) is 0 Å². The number of nitrogens with zero attached hydrogens (tertiary/aromatic N) is 1. The van der Waals surface area contributed by atoms with Crippen molar-refractivity contribution in [2.75, 3.05) is 5.32 Å². The van der Waals surface area contributed by atoms with Crippen LogP contribution in [0.3, 0.4) is 0 Å². The molecule has 0 heterocycles. The summed E-state index contributed by atoms with van der Waals surface area (Å²) in [6.07, 6.45) is 7.18. The largest absolute Gasteiger partial charge is 0.347 e. The number of benzene rings is 1. The van der Waals surface area contributed by atoms with Crippen LogP contribution in [0, 0.1) is 29.1 Å². The van der Waals surface area contributed by atoms with E-state index in [4.69, 9.17) is 5.26 Å². The van der Waals surface area contributed by atoms with Crippen molar-refractivity contribution in [2.45, 2.75) is 50.5 Å². The quantitative estimate of drug-likeness (QED) is 0.885. The molecule has 0 radical (unpaired) electrons. The zero-order valence-electron chi connectivity index (χ0n) is 14.3. The van der Waals surface area contributed by atoms with Crippen LogP contribution in [-0.4, -0.2) is 17.4 Å². The van der Waals surface area contributed by atoms with Gasteiger partial charge in [-0.15, -0.1) is 0 Å². The lowest BCUT2D eigenvalue weighted by Crippen LogP contribution is -2.59. The van der Waals surface area contributed by atoms with Crippen molar-refractivity contribution in [2.24, 2.45) is 17.8 Å². The molecular weight excluding hydrogens is 314 g/mol. The Kier molecular flexibility index (Phi) is 3.99. The van der Waals surface area contributed by atoms with Crippen LogP contribution in [-0.2, 0) is 4.79 Å². The predicted octanol–water partition coefficient (Wildman–Crippen LogP) is 3.24. The zero-order valence-corrected chi connectivity index (χ0v) is 14.3. The number of hydrogen-bond acceptors (Lipinski definition) is 3. The first-order valence-corrected chi connectivity index (χ1v) is 9.15. The highest BCUT2D eigenvalue weighted by Crippen LogP contribution is 2.55. The second-order valence-corrected chi connectivity index (χ2v) is 8.12. The average Bonchev–Trinajstić information content (AvgIpc) is 2.53. The molecule has 4 bridgehead atoms. The SMILES string of the molecule is N#CCC(=O)Nc1cccc(C(=O)NC23CC4CC(CC(C4)C2)C3)c1. The van der Waals surface area contributed by atoms with E-state index >= 15 is 0 Å². The maximum atomic E-state index is 12.8. The van der Waals surface area contributed by atoms with Crippen LogP contribution in [0.4, 0.5) is 5.69 Å². The molecule has 0 spiro atoms. The minimum absolute atomic E-state index is 0.0219. The first-order valence-electron chi connectivity index (χ1n) is 9.15. The molecule has 5 heteroatoms. The number of rotatable bonds is 4. The molecule has 0 saturated heterocycles. The van der Waals surface area contributed by atoms with Gasteiger partial charge in [-0.05, 0) is 74.5 Å². The zero-order chi connectivity index (χ0) is 17.4. The fourth-order valence-electron chi connectivity index (χ4n) is 5.59. The minimum atomic E-state index is -0.360. The van der Waals surface area contributed by atoms with Gasteiger partial charge in [0.1, 0.15) is 6.42 Å².